The second kappa shape index (κ2) is 8.61. The molecule has 0 unspecified atom stereocenters. The first-order valence-electron chi connectivity index (χ1n) is 9.89. The molecule has 1 fully saturated rings. The number of aryl methyl sites for hydroxylation is 1. The van der Waals surface area contributed by atoms with Crippen LogP contribution in [0.1, 0.15) is 36.0 Å². The summed E-state index contributed by atoms with van der Waals surface area (Å²) in [6.45, 7) is -0.156. The molecule has 0 atom stereocenters. The average molecular weight is 468 g/mol. The summed E-state index contributed by atoms with van der Waals surface area (Å²) in [6.07, 6.45) is -1.83. The Morgan fingerprint density at radius 2 is 1.97 bits per heavy atom. The highest BCUT2D eigenvalue weighted by Crippen LogP contribution is 2.37. The van der Waals surface area contributed by atoms with Crippen molar-refractivity contribution in [3.63, 3.8) is 0 Å². The van der Waals surface area contributed by atoms with Gasteiger partial charge < -0.3 is 5.32 Å². The number of aromatic nitrogens is 3. The number of benzene rings is 1. The maximum Gasteiger partial charge on any atom is 0.266 e. The lowest BCUT2D eigenvalue weighted by molar-refractivity contribution is 0.146. The summed E-state index contributed by atoms with van der Waals surface area (Å²) < 4.78 is 68.9. The van der Waals surface area contributed by atoms with Gasteiger partial charge in [0, 0.05) is 41.5 Å². The molecule has 0 radical (unpaired) electrons. The van der Waals surface area contributed by atoms with Crippen LogP contribution in [0.15, 0.2) is 35.4 Å². The van der Waals surface area contributed by atoms with Gasteiger partial charge in [0.05, 0.1) is 16.5 Å². The zero-order chi connectivity index (χ0) is 23.0. The molecule has 4 rings (SSSR count). The lowest BCUT2D eigenvalue weighted by Crippen LogP contribution is -2.37. The molecule has 0 amide bonds. The van der Waals surface area contributed by atoms with Gasteiger partial charge in [-0.15, -0.1) is 0 Å². The number of halogens is 4. The quantitative estimate of drug-likeness (QED) is 0.578. The molecular formula is C21H20F4N4O2S. The largest absolute Gasteiger partial charge is 0.365 e. The number of nitrogens with one attached hydrogen (secondary N) is 1. The number of hydrogen-bond donors (Lipinski definition) is 1. The molecule has 1 aliphatic rings. The summed E-state index contributed by atoms with van der Waals surface area (Å²) in [7, 11) is 0.349. The fraction of sp³-hybridized carbons (Fsp3) is 0.381. The van der Waals surface area contributed by atoms with Crippen LogP contribution in [0.5, 0.6) is 0 Å². The maximum absolute atomic E-state index is 15.7. The predicted octanol–water partition coefficient (Wildman–Crippen LogP) is 3.72. The second-order valence-corrected chi connectivity index (χ2v) is 9.37. The number of pyridine rings is 1. The minimum Gasteiger partial charge on any atom is -0.365 e. The monoisotopic (exact) mass is 468 g/mol. The number of hydrogen-bond acceptors (Lipinski definition) is 5. The van der Waals surface area contributed by atoms with Crippen LogP contribution in [-0.4, -0.2) is 30.2 Å². The van der Waals surface area contributed by atoms with Crippen LogP contribution in [0, 0.1) is 5.82 Å². The van der Waals surface area contributed by atoms with Crippen molar-refractivity contribution in [3.05, 3.63) is 63.5 Å². The van der Waals surface area contributed by atoms with E-state index in [0.717, 1.165) is 6.07 Å². The summed E-state index contributed by atoms with van der Waals surface area (Å²) in [6, 6.07) is 5.10. The molecule has 1 N–H and O–H groups in total. The van der Waals surface area contributed by atoms with E-state index in [0.29, 0.717) is 5.39 Å². The van der Waals surface area contributed by atoms with Gasteiger partial charge in [-0.25, -0.2) is 27.5 Å². The normalized spacial score (nSPS) is 21.2. The Morgan fingerprint density at radius 1 is 1.25 bits per heavy atom. The molecule has 1 aliphatic heterocycles. The van der Waals surface area contributed by atoms with Gasteiger partial charge in [-0.3, -0.25) is 13.6 Å². The SMILES string of the molecule is Cn1c(=O)c(C2(F)CCS(=O)CC2)cc2c(NCc3cccc(C(F)F)c3F)ncnc21. The fourth-order valence-electron chi connectivity index (χ4n) is 3.86. The van der Waals surface area contributed by atoms with Gasteiger partial charge in [0.2, 0.25) is 0 Å². The van der Waals surface area contributed by atoms with Gasteiger partial charge in [-0.2, -0.15) is 0 Å². The number of nitrogens with zero attached hydrogens (tertiary/aromatic N) is 3. The summed E-state index contributed by atoms with van der Waals surface area (Å²) >= 11 is 0. The van der Waals surface area contributed by atoms with Gasteiger partial charge in [0.15, 0.2) is 0 Å². The lowest BCUT2D eigenvalue weighted by atomic mass is 9.90. The van der Waals surface area contributed by atoms with Crippen LogP contribution in [-0.2, 0) is 30.1 Å². The highest BCUT2D eigenvalue weighted by atomic mass is 32.2. The Morgan fingerprint density at radius 3 is 2.66 bits per heavy atom. The molecule has 170 valence electrons. The van der Waals surface area contributed by atoms with E-state index in [1.54, 1.807) is 0 Å². The van der Waals surface area contributed by atoms with Crippen molar-refractivity contribution in [2.45, 2.75) is 31.5 Å². The van der Waals surface area contributed by atoms with Gasteiger partial charge in [-0.1, -0.05) is 18.2 Å². The minimum absolute atomic E-state index is 0.0105. The van der Waals surface area contributed by atoms with E-state index in [1.165, 1.54) is 36.1 Å². The first-order chi connectivity index (χ1) is 15.2. The Kier molecular flexibility index (Phi) is 6.02. The summed E-state index contributed by atoms with van der Waals surface area (Å²) in [5, 5.41) is 3.22. The number of alkyl halides is 3. The number of fused-ring (bicyclic) bond motifs is 1. The highest BCUT2D eigenvalue weighted by molar-refractivity contribution is 7.85. The molecule has 0 saturated carbocycles. The van der Waals surface area contributed by atoms with Gasteiger partial charge in [0.25, 0.3) is 12.0 Å². The molecule has 0 bridgehead atoms. The first-order valence-corrected chi connectivity index (χ1v) is 11.4. The van der Waals surface area contributed by atoms with Crippen LogP contribution in [0.3, 0.4) is 0 Å². The molecule has 11 heteroatoms. The Bertz CT molecular complexity index is 1250. The average Bonchev–Trinajstić information content (AvgIpc) is 2.77. The standard InChI is InChI=1S/C21H20F4N4O2S/c1-29-19-14(9-15(20(29)30)21(25)5-7-32(31)8-6-21)18(27-11-28-19)26-10-12-3-2-4-13(16(12)22)17(23)24/h2-4,9,11,17H,5-8,10H2,1H3,(H,26,27,28). The topological polar surface area (TPSA) is 76.9 Å². The van der Waals surface area contributed by atoms with Crippen molar-refractivity contribution in [3.8, 4) is 0 Å². The van der Waals surface area contributed by atoms with Gasteiger partial charge in [-0.05, 0) is 18.9 Å². The molecule has 3 heterocycles. The van der Waals surface area contributed by atoms with Crippen molar-refractivity contribution in [2.75, 3.05) is 16.8 Å². The van der Waals surface area contributed by atoms with Crippen LogP contribution in [0.4, 0.5) is 23.4 Å². The van der Waals surface area contributed by atoms with Crippen molar-refractivity contribution in [1.29, 1.82) is 0 Å². The summed E-state index contributed by atoms with van der Waals surface area (Å²) in [4.78, 5) is 21.1. The zero-order valence-electron chi connectivity index (χ0n) is 17.1. The van der Waals surface area contributed by atoms with Crippen molar-refractivity contribution >= 4 is 27.7 Å². The Labute approximate surface area is 183 Å². The zero-order valence-corrected chi connectivity index (χ0v) is 17.9. The van der Waals surface area contributed by atoms with Crippen LogP contribution in [0.25, 0.3) is 11.0 Å². The molecule has 32 heavy (non-hydrogen) atoms. The maximum atomic E-state index is 15.7. The van der Waals surface area contributed by atoms with Crippen LogP contribution >= 0.6 is 0 Å². The third-order valence-electron chi connectivity index (χ3n) is 5.73. The van der Waals surface area contributed by atoms with E-state index < -0.39 is 39.8 Å². The molecule has 0 spiro atoms. The molecule has 1 aromatic carbocycles. The van der Waals surface area contributed by atoms with E-state index in [1.807, 2.05) is 0 Å². The predicted molar refractivity (Wildman–Crippen MR) is 113 cm³/mol. The third kappa shape index (κ3) is 4.01. The Hall–Kier alpha value is -2.82. The van der Waals surface area contributed by atoms with E-state index in [9.17, 15) is 22.2 Å². The third-order valence-corrected chi connectivity index (χ3v) is 7.05. The van der Waals surface area contributed by atoms with Crippen molar-refractivity contribution in [1.82, 2.24) is 14.5 Å². The van der Waals surface area contributed by atoms with E-state index >= 15 is 4.39 Å². The van der Waals surface area contributed by atoms with Crippen LogP contribution < -0.4 is 10.9 Å². The lowest BCUT2D eigenvalue weighted by Gasteiger charge is -2.29. The van der Waals surface area contributed by atoms with E-state index in [2.05, 4.69) is 15.3 Å². The molecule has 2 aromatic heterocycles. The number of rotatable bonds is 5. The molecular weight excluding hydrogens is 448 g/mol. The summed E-state index contributed by atoms with van der Waals surface area (Å²) in [5.41, 5.74) is -3.00. The molecule has 6 nitrogen and oxygen atoms in total. The fourth-order valence-corrected chi connectivity index (χ4v) is 5.17. The molecule has 0 aliphatic carbocycles. The van der Waals surface area contributed by atoms with Crippen molar-refractivity contribution < 1.29 is 21.8 Å². The summed E-state index contributed by atoms with van der Waals surface area (Å²) in [5.74, 6) is -0.488. The van der Waals surface area contributed by atoms with E-state index in [4.69, 9.17) is 0 Å². The van der Waals surface area contributed by atoms with Gasteiger partial charge >= 0.3 is 0 Å². The van der Waals surface area contributed by atoms with Gasteiger partial charge in [0.1, 0.15) is 29.3 Å². The smallest absolute Gasteiger partial charge is 0.266 e. The minimum atomic E-state index is -2.95. The van der Waals surface area contributed by atoms with E-state index in [-0.39, 0.29) is 53.5 Å². The Balaban J connectivity index is 1.74. The van der Waals surface area contributed by atoms with Crippen molar-refractivity contribution in [2.24, 2.45) is 7.05 Å². The molecule has 3 aromatic rings. The first kappa shape index (κ1) is 22.4. The highest BCUT2D eigenvalue weighted by Gasteiger charge is 2.39. The van der Waals surface area contributed by atoms with Crippen LogP contribution in [0.2, 0.25) is 0 Å². The second-order valence-electron chi connectivity index (χ2n) is 7.67. The number of anilines is 1. The molecule has 1 saturated heterocycles.